The molecule has 3 aromatic rings. The van der Waals surface area contributed by atoms with Crippen LogP contribution in [-0.4, -0.2) is 58.2 Å². The highest BCUT2D eigenvalue weighted by atomic mass is 16.6. The Morgan fingerprint density at radius 3 is 2.72 bits per heavy atom. The van der Waals surface area contributed by atoms with E-state index in [4.69, 9.17) is 14.2 Å². The first-order chi connectivity index (χ1) is 15.7. The van der Waals surface area contributed by atoms with E-state index in [2.05, 4.69) is 20.5 Å². The first-order valence-corrected chi connectivity index (χ1v) is 11.3. The van der Waals surface area contributed by atoms with Crippen LogP contribution in [0.4, 0.5) is 0 Å². The minimum Gasteiger partial charge on any atom is -0.486 e. The van der Waals surface area contributed by atoms with Gasteiger partial charge in [0.2, 0.25) is 5.82 Å². The molecule has 1 unspecified atom stereocenters. The molecule has 0 spiro atoms. The van der Waals surface area contributed by atoms with Crippen molar-refractivity contribution in [2.45, 2.75) is 51.4 Å². The molecule has 0 amide bonds. The summed E-state index contributed by atoms with van der Waals surface area (Å²) >= 11 is 0. The van der Waals surface area contributed by atoms with Gasteiger partial charge in [0.25, 0.3) is 5.56 Å². The normalized spacial score (nSPS) is 17.2. The van der Waals surface area contributed by atoms with Crippen molar-refractivity contribution in [2.75, 3.05) is 26.9 Å². The molecule has 3 heterocycles. The van der Waals surface area contributed by atoms with Crippen LogP contribution in [0.3, 0.4) is 0 Å². The third-order valence-electron chi connectivity index (χ3n) is 6.43. The standard InChI is InChI=1S/C22H28N6O4/c1-30-7-6-28-21(24-25-26-28)14-27(17-4-2-3-5-17)13-16-10-15-11-19-20(32-9-8-31-19)12-18(15)23-22(16)29/h10-12,17H,2-9,13-14H2,1H3,(H,23,29)/p+1. The van der Waals surface area contributed by atoms with Crippen LogP contribution in [0.2, 0.25) is 0 Å². The van der Waals surface area contributed by atoms with E-state index in [1.54, 1.807) is 11.8 Å². The summed E-state index contributed by atoms with van der Waals surface area (Å²) in [5, 5.41) is 13.2. The molecule has 0 radical (unpaired) electrons. The van der Waals surface area contributed by atoms with Crippen molar-refractivity contribution in [3.63, 3.8) is 0 Å². The molecule has 2 N–H and O–H groups in total. The smallest absolute Gasteiger partial charge is 0.257 e. The Labute approximate surface area is 185 Å². The highest BCUT2D eigenvalue weighted by molar-refractivity contribution is 5.83. The second-order valence-electron chi connectivity index (χ2n) is 8.51. The van der Waals surface area contributed by atoms with Gasteiger partial charge in [-0.15, -0.1) is 5.10 Å². The van der Waals surface area contributed by atoms with Gasteiger partial charge in [-0.25, -0.2) is 4.68 Å². The predicted octanol–water partition coefficient (Wildman–Crippen LogP) is 0.460. The predicted molar refractivity (Wildman–Crippen MR) is 116 cm³/mol. The van der Waals surface area contributed by atoms with E-state index in [0.717, 1.165) is 40.9 Å². The van der Waals surface area contributed by atoms with Crippen molar-refractivity contribution in [2.24, 2.45) is 0 Å². The van der Waals surface area contributed by atoms with E-state index in [1.165, 1.54) is 17.7 Å². The fraction of sp³-hybridized carbons (Fsp3) is 0.545. The second-order valence-corrected chi connectivity index (χ2v) is 8.51. The number of tetrazole rings is 1. The van der Waals surface area contributed by atoms with Gasteiger partial charge in [0.15, 0.2) is 11.5 Å². The van der Waals surface area contributed by atoms with Gasteiger partial charge in [0.1, 0.15) is 26.3 Å². The Balaban J connectivity index is 1.43. The zero-order chi connectivity index (χ0) is 21.9. The molecule has 0 bridgehead atoms. The number of H-pyrrole nitrogens is 1. The first kappa shape index (κ1) is 20.9. The minimum atomic E-state index is -0.0661. The van der Waals surface area contributed by atoms with E-state index in [1.807, 2.05) is 18.2 Å². The molecule has 1 aliphatic carbocycles. The van der Waals surface area contributed by atoms with Crippen LogP contribution in [0, 0.1) is 0 Å². The molecule has 170 valence electrons. The van der Waals surface area contributed by atoms with Gasteiger partial charge < -0.3 is 24.1 Å². The lowest BCUT2D eigenvalue weighted by Gasteiger charge is -2.25. The van der Waals surface area contributed by atoms with Crippen molar-refractivity contribution in [3.05, 3.63) is 39.9 Å². The molecule has 2 aliphatic rings. The van der Waals surface area contributed by atoms with Crippen LogP contribution in [0.5, 0.6) is 11.5 Å². The summed E-state index contributed by atoms with van der Waals surface area (Å²) in [6, 6.07) is 6.26. The number of hydrogen-bond acceptors (Lipinski definition) is 7. The largest absolute Gasteiger partial charge is 0.486 e. The van der Waals surface area contributed by atoms with Crippen molar-refractivity contribution in [1.82, 2.24) is 25.2 Å². The SMILES string of the molecule is COCCn1nnnc1C[NH+](Cc1cc2cc3c(cc2[nH]c1=O)OCCO3)C1CCCC1. The Hall–Kier alpha value is -2.98. The third-order valence-corrected chi connectivity index (χ3v) is 6.43. The Morgan fingerprint density at radius 1 is 1.16 bits per heavy atom. The Bertz CT molecular complexity index is 1140. The number of nitrogens with zero attached hydrogens (tertiary/aromatic N) is 4. The second kappa shape index (κ2) is 9.25. The fourth-order valence-corrected chi connectivity index (χ4v) is 4.75. The van der Waals surface area contributed by atoms with Crippen molar-refractivity contribution in [3.8, 4) is 11.5 Å². The lowest BCUT2D eigenvalue weighted by molar-refractivity contribution is -0.952. The average Bonchev–Trinajstić information content (AvgIpc) is 3.49. The van der Waals surface area contributed by atoms with Crippen LogP contribution in [0.25, 0.3) is 10.9 Å². The summed E-state index contributed by atoms with van der Waals surface area (Å²) < 4.78 is 18.3. The van der Waals surface area contributed by atoms with E-state index in [9.17, 15) is 4.79 Å². The van der Waals surface area contributed by atoms with Gasteiger partial charge in [-0.3, -0.25) is 4.79 Å². The average molecular weight is 442 g/mol. The Morgan fingerprint density at radius 2 is 1.94 bits per heavy atom. The topological polar surface area (TPSA) is 109 Å². The zero-order valence-corrected chi connectivity index (χ0v) is 18.3. The first-order valence-electron chi connectivity index (χ1n) is 11.3. The van der Waals surface area contributed by atoms with Crippen molar-refractivity contribution >= 4 is 10.9 Å². The number of benzene rings is 1. The van der Waals surface area contributed by atoms with Crippen LogP contribution in [-0.2, 0) is 24.4 Å². The molecule has 1 atom stereocenters. The van der Waals surface area contributed by atoms with Gasteiger partial charge in [0.05, 0.1) is 30.3 Å². The van der Waals surface area contributed by atoms with Crippen LogP contribution >= 0.6 is 0 Å². The lowest BCUT2D eigenvalue weighted by Crippen LogP contribution is -3.13. The summed E-state index contributed by atoms with van der Waals surface area (Å²) in [6.45, 7) is 3.50. The molecule has 2 aromatic heterocycles. The molecule has 10 nitrogen and oxygen atoms in total. The summed E-state index contributed by atoms with van der Waals surface area (Å²) in [6.07, 6.45) is 4.75. The highest BCUT2D eigenvalue weighted by Gasteiger charge is 2.29. The van der Waals surface area contributed by atoms with E-state index >= 15 is 0 Å². The maximum absolute atomic E-state index is 13.0. The number of ether oxygens (including phenoxy) is 3. The molecule has 10 heteroatoms. The monoisotopic (exact) mass is 441 g/mol. The number of aromatic amines is 1. The number of nitrogens with one attached hydrogen (secondary N) is 2. The number of pyridine rings is 1. The van der Waals surface area contributed by atoms with Crippen molar-refractivity contribution < 1.29 is 19.1 Å². The van der Waals surface area contributed by atoms with E-state index in [0.29, 0.717) is 51.2 Å². The van der Waals surface area contributed by atoms with Gasteiger partial charge >= 0.3 is 0 Å². The molecular weight excluding hydrogens is 412 g/mol. The van der Waals surface area contributed by atoms with Gasteiger partial charge in [0, 0.05) is 18.6 Å². The number of aromatic nitrogens is 5. The number of methoxy groups -OCH3 is 1. The summed E-state index contributed by atoms with van der Waals surface area (Å²) in [5.41, 5.74) is 1.45. The molecule has 1 aliphatic heterocycles. The molecule has 1 saturated carbocycles. The third kappa shape index (κ3) is 4.33. The van der Waals surface area contributed by atoms with Gasteiger partial charge in [-0.05, 0) is 48.2 Å². The lowest BCUT2D eigenvalue weighted by atomic mass is 10.1. The molecule has 5 rings (SSSR count). The summed E-state index contributed by atoms with van der Waals surface area (Å²) in [5.74, 6) is 2.22. The highest BCUT2D eigenvalue weighted by Crippen LogP contribution is 2.33. The number of quaternary nitrogens is 1. The molecule has 32 heavy (non-hydrogen) atoms. The van der Waals surface area contributed by atoms with Crippen molar-refractivity contribution in [1.29, 1.82) is 0 Å². The maximum Gasteiger partial charge on any atom is 0.257 e. The van der Waals surface area contributed by atoms with Crippen LogP contribution in [0.15, 0.2) is 23.0 Å². The quantitative estimate of drug-likeness (QED) is 0.523. The van der Waals surface area contributed by atoms with E-state index < -0.39 is 0 Å². The van der Waals surface area contributed by atoms with E-state index in [-0.39, 0.29) is 5.56 Å². The summed E-state index contributed by atoms with van der Waals surface area (Å²) in [7, 11) is 1.67. The fourth-order valence-electron chi connectivity index (χ4n) is 4.75. The molecule has 1 aromatic carbocycles. The minimum absolute atomic E-state index is 0.0661. The molecule has 1 fully saturated rings. The maximum atomic E-state index is 13.0. The number of hydrogen-bond donors (Lipinski definition) is 2. The molecule has 0 saturated heterocycles. The van der Waals surface area contributed by atoms with Crippen LogP contribution in [0.1, 0.15) is 37.1 Å². The number of fused-ring (bicyclic) bond motifs is 2. The Kier molecular flexibility index (Phi) is 6.04. The summed E-state index contributed by atoms with van der Waals surface area (Å²) in [4.78, 5) is 17.3. The molecular formula is C22H29N6O4+. The van der Waals surface area contributed by atoms with Crippen LogP contribution < -0.4 is 19.9 Å². The van der Waals surface area contributed by atoms with Gasteiger partial charge in [-0.2, -0.15) is 0 Å². The zero-order valence-electron chi connectivity index (χ0n) is 18.3. The van der Waals surface area contributed by atoms with Gasteiger partial charge in [-0.1, -0.05) is 0 Å². The number of rotatable bonds is 8.